The van der Waals surface area contributed by atoms with Crippen molar-refractivity contribution in [2.75, 3.05) is 0 Å². The van der Waals surface area contributed by atoms with Crippen molar-refractivity contribution in [2.45, 2.75) is 9.37 Å². The van der Waals surface area contributed by atoms with Gasteiger partial charge in [-0.2, -0.15) is 9.97 Å². The van der Waals surface area contributed by atoms with E-state index in [-0.39, 0.29) is 0 Å². The summed E-state index contributed by atoms with van der Waals surface area (Å²) in [6.07, 6.45) is 8.17. The molecule has 0 amide bonds. The van der Waals surface area contributed by atoms with Crippen molar-refractivity contribution in [2.24, 2.45) is 0 Å². The summed E-state index contributed by atoms with van der Waals surface area (Å²) in [4.78, 5) is 16.3. The monoisotopic (exact) mass is 288 g/mol. The van der Waals surface area contributed by atoms with E-state index in [1.165, 1.54) is 11.3 Å². The molecule has 0 aromatic carbocycles. The lowest BCUT2D eigenvalue weighted by Gasteiger charge is -2.02. The molecular weight excluding hydrogens is 280 g/mol. The van der Waals surface area contributed by atoms with Crippen molar-refractivity contribution in [1.29, 1.82) is 0 Å². The lowest BCUT2D eigenvalue weighted by atomic mass is 10.3. The SMILES string of the molecule is [O-][S+](c1ncccn1)c1cnc(-c2cccnc2)s1. The number of thiazole rings is 1. The average Bonchev–Trinajstić information content (AvgIpc) is 2.98. The molecule has 3 rings (SSSR count). The van der Waals surface area contributed by atoms with Gasteiger partial charge in [0.05, 0.1) is 17.4 Å². The number of hydrogen-bond acceptors (Lipinski definition) is 6. The Bertz CT molecular complexity index is 660. The molecule has 3 aromatic rings. The van der Waals surface area contributed by atoms with Crippen LogP contribution in [0.5, 0.6) is 0 Å². The predicted molar refractivity (Wildman–Crippen MR) is 72.1 cm³/mol. The first-order valence-electron chi connectivity index (χ1n) is 5.39. The molecule has 3 heterocycles. The van der Waals surface area contributed by atoms with Crippen molar-refractivity contribution < 1.29 is 4.55 Å². The van der Waals surface area contributed by atoms with Crippen molar-refractivity contribution >= 4 is 22.5 Å². The van der Waals surface area contributed by atoms with Gasteiger partial charge in [-0.15, -0.1) is 0 Å². The number of pyridine rings is 1. The quantitative estimate of drug-likeness (QED) is 0.545. The van der Waals surface area contributed by atoms with E-state index in [9.17, 15) is 4.55 Å². The fourth-order valence-corrected chi connectivity index (χ4v) is 3.48. The largest absolute Gasteiger partial charge is 0.603 e. The van der Waals surface area contributed by atoms with E-state index in [2.05, 4.69) is 19.9 Å². The molecule has 1 unspecified atom stereocenters. The lowest BCUT2D eigenvalue weighted by Crippen LogP contribution is -2.04. The highest BCUT2D eigenvalue weighted by Gasteiger charge is 2.21. The molecule has 0 aliphatic heterocycles. The first-order valence-corrected chi connectivity index (χ1v) is 7.36. The maximum absolute atomic E-state index is 12.2. The Morgan fingerprint density at radius 3 is 2.58 bits per heavy atom. The highest BCUT2D eigenvalue weighted by atomic mass is 32.2. The number of rotatable bonds is 3. The highest BCUT2D eigenvalue weighted by molar-refractivity contribution is 7.93. The molecule has 19 heavy (non-hydrogen) atoms. The third-order valence-corrected chi connectivity index (χ3v) is 4.84. The van der Waals surface area contributed by atoms with E-state index in [4.69, 9.17) is 0 Å². The maximum atomic E-state index is 12.2. The van der Waals surface area contributed by atoms with Crippen LogP contribution in [-0.2, 0) is 11.2 Å². The van der Waals surface area contributed by atoms with Gasteiger partial charge in [0.1, 0.15) is 5.01 Å². The first-order chi connectivity index (χ1) is 9.34. The molecule has 0 saturated carbocycles. The summed E-state index contributed by atoms with van der Waals surface area (Å²) in [5.74, 6) is 0. The number of hydrogen-bond donors (Lipinski definition) is 0. The zero-order chi connectivity index (χ0) is 13.1. The van der Waals surface area contributed by atoms with Gasteiger partial charge in [0.25, 0.3) is 0 Å². The third-order valence-electron chi connectivity index (χ3n) is 2.28. The molecule has 7 heteroatoms. The van der Waals surface area contributed by atoms with E-state index >= 15 is 0 Å². The van der Waals surface area contributed by atoms with Gasteiger partial charge in [-0.3, -0.25) is 4.98 Å². The molecule has 0 fully saturated rings. The molecule has 5 nitrogen and oxygen atoms in total. The van der Waals surface area contributed by atoms with Crippen LogP contribution < -0.4 is 0 Å². The van der Waals surface area contributed by atoms with Crippen LogP contribution in [0.25, 0.3) is 10.6 Å². The summed E-state index contributed by atoms with van der Waals surface area (Å²) in [5, 5.41) is 1.08. The van der Waals surface area contributed by atoms with Crippen LogP contribution in [0.1, 0.15) is 0 Å². The van der Waals surface area contributed by atoms with Crippen molar-refractivity contribution in [3.8, 4) is 10.6 Å². The van der Waals surface area contributed by atoms with E-state index in [0.717, 1.165) is 10.6 Å². The minimum Gasteiger partial charge on any atom is -0.603 e. The van der Waals surface area contributed by atoms with Gasteiger partial charge in [0, 0.05) is 30.4 Å². The van der Waals surface area contributed by atoms with Crippen molar-refractivity contribution in [3.05, 3.63) is 49.2 Å². The Kier molecular flexibility index (Phi) is 3.49. The van der Waals surface area contributed by atoms with Crippen LogP contribution in [0.3, 0.4) is 0 Å². The predicted octanol–water partition coefficient (Wildman–Crippen LogP) is 2.16. The van der Waals surface area contributed by atoms with E-state index in [1.54, 1.807) is 37.1 Å². The molecule has 0 aliphatic carbocycles. The zero-order valence-corrected chi connectivity index (χ0v) is 11.3. The van der Waals surface area contributed by atoms with Crippen LogP contribution in [0.15, 0.2) is 58.5 Å². The van der Waals surface area contributed by atoms with Crippen LogP contribution in [0.2, 0.25) is 0 Å². The summed E-state index contributed by atoms with van der Waals surface area (Å²) in [6, 6.07) is 5.44. The molecule has 94 valence electrons. The first kappa shape index (κ1) is 12.2. The fraction of sp³-hybridized carbons (Fsp3) is 0. The van der Waals surface area contributed by atoms with E-state index < -0.39 is 11.2 Å². The van der Waals surface area contributed by atoms with E-state index in [1.807, 2.05) is 12.1 Å². The molecule has 3 aromatic heterocycles. The summed E-state index contributed by atoms with van der Waals surface area (Å²) < 4.78 is 12.9. The number of aromatic nitrogens is 4. The Labute approximate surface area is 116 Å². The molecule has 0 spiro atoms. The van der Waals surface area contributed by atoms with Gasteiger partial charge in [-0.25, -0.2) is 4.98 Å². The van der Waals surface area contributed by atoms with E-state index in [0.29, 0.717) is 9.37 Å². The highest BCUT2D eigenvalue weighted by Crippen LogP contribution is 2.29. The van der Waals surface area contributed by atoms with Crippen LogP contribution in [0, 0.1) is 0 Å². The molecule has 0 radical (unpaired) electrons. The molecule has 0 aliphatic rings. The third kappa shape index (κ3) is 2.62. The Morgan fingerprint density at radius 2 is 1.84 bits per heavy atom. The lowest BCUT2D eigenvalue weighted by molar-refractivity contribution is 0.588. The normalized spacial score (nSPS) is 12.3. The molecule has 0 bridgehead atoms. The molecular formula is C12H8N4OS2. The maximum Gasteiger partial charge on any atom is 0.349 e. The summed E-state index contributed by atoms with van der Waals surface area (Å²) >= 11 is -0.0287. The van der Waals surface area contributed by atoms with Gasteiger partial charge in [0.2, 0.25) is 4.21 Å². The van der Waals surface area contributed by atoms with Gasteiger partial charge < -0.3 is 4.55 Å². The van der Waals surface area contributed by atoms with Gasteiger partial charge in [-0.1, -0.05) is 11.3 Å². The summed E-state index contributed by atoms with van der Waals surface area (Å²) in [5.41, 5.74) is 0.907. The van der Waals surface area contributed by atoms with Gasteiger partial charge >= 0.3 is 5.16 Å². The zero-order valence-electron chi connectivity index (χ0n) is 9.63. The second kappa shape index (κ2) is 5.43. The summed E-state index contributed by atoms with van der Waals surface area (Å²) in [7, 11) is 0. The summed E-state index contributed by atoms with van der Waals surface area (Å²) in [6.45, 7) is 0. The fourth-order valence-electron chi connectivity index (χ4n) is 1.44. The molecule has 0 saturated heterocycles. The van der Waals surface area contributed by atoms with Crippen molar-refractivity contribution in [3.63, 3.8) is 0 Å². The van der Waals surface area contributed by atoms with Crippen LogP contribution >= 0.6 is 11.3 Å². The Morgan fingerprint density at radius 1 is 1.00 bits per heavy atom. The van der Waals surface area contributed by atoms with Gasteiger partial charge in [0.15, 0.2) is 0 Å². The second-order valence-electron chi connectivity index (χ2n) is 3.53. The second-order valence-corrected chi connectivity index (χ2v) is 6.16. The van der Waals surface area contributed by atoms with Gasteiger partial charge in [-0.05, 0) is 18.2 Å². The topological polar surface area (TPSA) is 74.6 Å². The number of nitrogens with zero attached hydrogens (tertiary/aromatic N) is 4. The standard InChI is InChI=1S/C12H8N4OS2/c17-19(12-14-5-2-6-15-12)10-8-16-11(18-10)9-3-1-4-13-7-9/h1-8H. The minimum atomic E-state index is -1.39. The van der Waals surface area contributed by atoms with Crippen molar-refractivity contribution in [1.82, 2.24) is 19.9 Å². The smallest absolute Gasteiger partial charge is 0.349 e. The molecule has 0 N–H and O–H groups in total. The van der Waals surface area contributed by atoms with Crippen LogP contribution in [0.4, 0.5) is 0 Å². The average molecular weight is 288 g/mol. The Hall–Kier alpha value is -1.83. The Balaban J connectivity index is 1.90. The minimum absolute atomic E-state index is 0.295. The van der Waals surface area contributed by atoms with Crippen LogP contribution in [-0.4, -0.2) is 24.5 Å². The molecule has 1 atom stereocenters.